The van der Waals surface area contributed by atoms with Crippen LogP contribution in [0.5, 0.6) is 5.75 Å². The molecule has 1 amide bonds. The van der Waals surface area contributed by atoms with E-state index in [1.807, 2.05) is 37.3 Å². The van der Waals surface area contributed by atoms with E-state index >= 15 is 0 Å². The number of hydrogen-bond acceptors (Lipinski definition) is 3. The SMILES string of the molecule is CCCOc1ccc(/C=C/C(=O)NCCCCn2c(C)cccc2=O)cc1. The molecule has 1 heterocycles. The first-order valence-corrected chi connectivity index (χ1v) is 9.45. The van der Waals surface area contributed by atoms with Gasteiger partial charge < -0.3 is 14.6 Å². The van der Waals surface area contributed by atoms with Gasteiger partial charge in [0.05, 0.1) is 6.61 Å². The number of nitrogens with zero attached hydrogens (tertiary/aromatic N) is 1. The van der Waals surface area contributed by atoms with E-state index in [0.29, 0.717) is 19.7 Å². The number of aryl methyl sites for hydroxylation is 1. The maximum absolute atomic E-state index is 11.9. The number of pyridine rings is 1. The lowest BCUT2D eigenvalue weighted by atomic mass is 10.2. The Balaban J connectivity index is 1.68. The number of carbonyl (C=O) groups is 1. The number of ether oxygens (including phenoxy) is 1. The van der Waals surface area contributed by atoms with E-state index < -0.39 is 0 Å². The van der Waals surface area contributed by atoms with Gasteiger partial charge in [-0.05, 0) is 56.0 Å². The Labute approximate surface area is 160 Å². The molecule has 2 aromatic rings. The average Bonchev–Trinajstić information content (AvgIpc) is 2.67. The molecule has 0 spiro atoms. The molecule has 0 atom stereocenters. The fraction of sp³-hybridized carbons (Fsp3) is 0.364. The van der Waals surface area contributed by atoms with Gasteiger partial charge in [0.1, 0.15) is 5.75 Å². The smallest absolute Gasteiger partial charge is 0.250 e. The van der Waals surface area contributed by atoms with Crippen LogP contribution < -0.4 is 15.6 Å². The molecule has 2 rings (SSSR count). The van der Waals surface area contributed by atoms with Crippen molar-refractivity contribution in [3.8, 4) is 5.75 Å². The van der Waals surface area contributed by atoms with Gasteiger partial charge >= 0.3 is 0 Å². The average molecular weight is 368 g/mol. The number of benzene rings is 1. The maximum atomic E-state index is 11.9. The quantitative estimate of drug-likeness (QED) is 0.515. The minimum absolute atomic E-state index is 0.0214. The highest BCUT2D eigenvalue weighted by molar-refractivity contribution is 5.91. The Morgan fingerprint density at radius 1 is 1.15 bits per heavy atom. The minimum Gasteiger partial charge on any atom is -0.494 e. The molecule has 0 aliphatic heterocycles. The summed E-state index contributed by atoms with van der Waals surface area (Å²) in [6, 6.07) is 12.9. The largest absolute Gasteiger partial charge is 0.494 e. The summed E-state index contributed by atoms with van der Waals surface area (Å²) >= 11 is 0. The van der Waals surface area contributed by atoms with Crippen LogP contribution in [0, 0.1) is 6.92 Å². The zero-order valence-corrected chi connectivity index (χ0v) is 16.1. The van der Waals surface area contributed by atoms with E-state index in [4.69, 9.17) is 4.74 Å². The Morgan fingerprint density at radius 3 is 2.63 bits per heavy atom. The Bertz CT molecular complexity index is 807. The van der Waals surface area contributed by atoms with Gasteiger partial charge in [-0.3, -0.25) is 9.59 Å². The molecule has 0 fully saturated rings. The van der Waals surface area contributed by atoms with Crippen LogP contribution in [-0.2, 0) is 11.3 Å². The van der Waals surface area contributed by atoms with Gasteiger partial charge in [-0.1, -0.05) is 25.1 Å². The molecule has 144 valence electrons. The van der Waals surface area contributed by atoms with Crippen molar-refractivity contribution in [1.29, 1.82) is 0 Å². The molecule has 0 radical (unpaired) electrons. The predicted molar refractivity (Wildman–Crippen MR) is 109 cm³/mol. The molecule has 1 aromatic heterocycles. The van der Waals surface area contributed by atoms with Crippen molar-refractivity contribution in [2.24, 2.45) is 0 Å². The first-order chi connectivity index (χ1) is 13.1. The lowest BCUT2D eigenvalue weighted by molar-refractivity contribution is -0.116. The number of hydrogen-bond donors (Lipinski definition) is 1. The Hall–Kier alpha value is -2.82. The molecule has 0 aliphatic rings. The van der Waals surface area contributed by atoms with Gasteiger partial charge in [-0.2, -0.15) is 0 Å². The molecule has 5 nitrogen and oxygen atoms in total. The Kier molecular flexibility index (Phi) is 8.36. The number of unbranched alkanes of at least 4 members (excludes halogenated alkanes) is 1. The highest BCUT2D eigenvalue weighted by Gasteiger charge is 2.00. The van der Waals surface area contributed by atoms with E-state index in [-0.39, 0.29) is 11.5 Å². The van der Waals surface area contributed by atoms with Crippen molar-refractivity contribution in [2.45, 2.75) is 39.7 Å². The van der Waals surface area contributed by atoms with Crippen molar-refractivity contribution in [2.75, 3.05) is 13.2 Å². The number of amides is 1. The monoisotopic (exact) mass is 368 g/mol. The predicted octanol–water partition coefficient (Wildman–Crippen LogP) is 3.56. The summed E-state index contributed by atoms with van der Waals surface area (Å²) in [4.78, 5) is 23.7. The molecule has 5 heteroatoms. The van der Waals surface area contributed by atoms with Crippen molar-refractivity contribution in [1.82, 2.24) is 9.88 Å². The fourth-order valence-corrected chi connectivity index (χ4v) is 2.64. The van der Waals surface area contributed by atoms with Crippen molar-refractivity contribution in [3.63, 3.8) is 0 Å². The van der Waals surface area contributed by atoms with Crippen molar-refractivity contribution >= 4 is 12.0 Å². The summed E-state index contributed by atoms with van der Waals surface area (Å²) in [5.74, 6) is 0.723. The summed E-state index contributed by atoms with van der Waals surface area (Å²) in [7, 11) is 0. The van der Waals surface area contributed by atoms with Crippen LogP contribution >= 0.6 is 0 Å². The third-order valence-electron chi connectivity index (χ3n) is 4.16. The van der Waals surface area contributed by atoms with E-state index in [1.165, 1.54) is 6.08 Å². The third kappa shape index (κ3) is 7.13. The van der Waals surface area contributed by atoms with Crippen LogP contribution in [0.2, 0.25) is 0 Å². The summed E-state index contributed by atoms with van der Waals surface area (Å²) in [6.07, 6.45) is 5.96. The molecule has 1 N–H and O–H groups in total. The van der Waals surface area contributed by atoms with Crippen LogP contribution in [-0.4, -0.2) is 23.6 Å². The molecule has 1 aromatic carbocycles. The van der Waals surface area contributed by atoms with Crippen molar-refractivity contribution < 1.29 is 9.53 Å². The van der Waals surface area contributed by atoms with Gasteiger partial charge in [0.25, 0.3) is 5.56 Å². The molecule has 0 saturated carbocycles. The molecule has 27 heavy (non-hydrogen) atoms. The standard InChI is InChI=1S/C22H28N2O3/c1-3-17-27-20-12-9-19(10-13-20)11-14-21(25)23-15-4-5-16-24-18(2)7-6-8-22(24)26/h6-14H,3-5,15-17H2,1-2H3,(H,23,25)/b14-11+. The zero-order valence-electron chi connectivity index (χ0n) is 16.1. The molecule has 0 aliphatic carbocycles. The lowest BCUT2D eigenvalue weighted by Gasteiger charge is -2.09. The minimum atomic E-state index is -0.116. The maximum Gasteiger partial charge on any atom is 0.250 e. The van der Waals surface area contributed by atoms with E-state index in [9.17, 15) is 9.59 Å². The molecular weight excluding hydrogens is 340 g/mol. The van der Waals surface area contributed by atoms with Gasteiger partial charge in [0.2, 0.25) is 5.91 Å². The number of nitrogens with one attached hydrogen (secondary N) is 1. The molecule has 0 bridgehead atoms. The number of carbonyl (C=O) groups excluding carboxylic acids is 1. The van der Waals surface area contributed by atoms with Crippen LogP contribution in [0.25, 0.3) is 6.08 Å². The number of rotatable bonds is 10. The van der Waals surface area contributed by atoms with Gasteiger partial charge in [-0.15, -0.1) is 0 Å². The van der Waals surface area contributed by atoms with Crippen molar-refractivity contribution in [3.05, 3.63) is 70.2 Å². The first kappa shape index (κ1) is 20.5. The second-order valence-electron chi connectivity index (χ2n) is 6.41. The second-order valence-corrected chi connectivity index (χ2v) is 6.41. The Morgan fingerprint density at radius 2 is 1.93 bits per heavy atom. The summed E-state index contributed by atoms with van der Waals surface area (Å²) in [5, 5.41) is 2.87. The summed E-state index contributed by atoms with van der Waals surface area (Å²) < 4.78 is 7.29. The third-order valence-corrected chi connectivity index (χ3v) is 4.16. The normalized spacial score (nSPS) is 10.9. The highest BCUT2D eigenvalue weighted by Crippen LogP contribution is 2.13. The zero-order chi connectivity index (χ0) is 19.5. The van der Waals surface area contributed by atoms with Gasteiger partial charge in [0.15, 0.2) is 0 Å². The van der Waals surface area contributed by atoms with E-state index in [2.05, 4.69) is 12.2 Å². The molecule has 0 saturated heterocycles. The summed E-state index contributed by atoms with van der Waals surface area (Å²) in [6.45, 7) is 5.96. The molecule has 0 unspecified atom stereocenters. The molecular formula is C22H28N2O3. The lowest BCUT2D eigenvalue weighted by Crippen LogP contribution is -2.24. The van der Waals surface area contributed by atoms with Crippen LogP contribution in [0.3, 0.4) is 0 Å². The number of aromatic nitrogens is 1. The fourth-order valence-electron chi connectivity index (χ4n) is 2.64. The van der Waals surface area contributed by atoms with Crippen LogP contribution in [0.15, 0.2) is 53.3 Å². The second kappa shape index (κ2) is 11.0. The van der Waals surface area contributed by atoms with Crippen LogP contribution in [0.4, 0.5) is 0 Å². The van der Waals surface area contributed by atoms with E-state index in [0.717, 1.165) is 36.3 Å². The topological polar surface area (TPSA) is 60.3 Å². The first-order valence-electron chi connectivity index (χ1n) is 9.45. The summed E-state index contributed by atoms with van der Waals surface area (Å²) in [5.41, 5.74) is 1.93. The van der Waals surface area contributed by atoms with Gasteiger partial charge in [-0.25, -0.2) is 0 Å². The van der Waals surface area contributed by atoms with Crippen LogP contribution in [0.1, 0.15) is 37.4 Å². The van der Waals surface area contributed by atoms with E-state index in [1.54, 1.807) is 22.8 Å². The van der Waals surface area contributed by atoms with Gasteiger partial charge in [0, 0.05) is 30.9 Å². The highest BCUT2D eigenvalue weighted by atomic mass is 16.5.